The van der Waals surface area contributed by atoms with E-state index in [4.69, 9.17) is 11.5 Å². The van der Waals surface area contributed by atoms with Crippen LogP contribution in [0.3, 0.4) is 0 Å². The van der Waals surface area contributed by atoms with Gasteiger partial charge < -0.3 is 21.3 Å². The predicted octanol–water partition coefficient (Wildman–Crippen LogP) is 0.607. The molecule has 1 aliphatic rings. The second kappa shape index (κ2) is 5.25. The molecule has 7 nitrogen and oxygen atoms in total. The van der Waals surface area contributed by atoms with E-state index in [1.54, 1.807) is 11.3 Å². The van der Waals surface area contributed by atoms with Gasteiger partial charge in [-0.05, 0) is 11.5 Å². The molecule has 0 bridgehead atoms. The Bertz CT molecular complexity index is 602. The Morgan fingerprint density at radius 3 is 2.55 bits per heavy atom. The number of hydrogen-bond donors (Lipinski definition) is 2. The van der Waals surface area contributed by atoms with E-state index in [-0.39, 0.29) is 5.82 Å². The second-order valence-corrected chi connectivity index (χ2v) is 6.03. The fourth-order valence-electron chi connectivity index (χ4n) is 2.21. The molecule has 0 spiro atoms. The largest absolute Gasteiger partial charge is 0.382 e. The van der Waals surface area contributed by atoms with Crippen LogP contribution in [0.25, 0.3) is 0 Å². The molecule has 3 heterocycles. The van der Waals surface area contributed by atoms with Crippen molar-refractivity contribution in [1.29, 1.82) is 0 Å². The Labute approximate surface area is 124 Å². The second-order valence-electron chi connectivity index (χ2n) is 4.40. The summed E-state index contributed by atoms with van der Waals surface area (Å²) >= 11 is 2.86. The van der Waals surface area contributed by atoms with E-state index < -0.39 is 5.91 Å². The number of aromatic nitrogens is 2. The fourth-order valence-corrected chi connectivity index (χ4v) is 3.78. The molecule has 0 atom stereocenters. The van der Waals surface area contributed by atoms with Crippen molar-refractivity contribution < 1.29 is 4.79 Å². The van der Waals surface area contributed by atoms with Crippen molar-refractivity contribution in [3.8, 4) is 0 Å². The summed E-state index contributed by atoms with van der Waals surface area (Å²) in [6.07, 6.45) is 1.81. The molecule has 0 saturated carbocycles. The highest BCUT2D eigenvalue weighted by molar-refractivity contribution is 7.13. The molecule has 4 N–H and O–H groups in total. The van der Waals surface area contributed by atoms with Gasteiger partial charge in [0.25, 0.3) is 5.91 Å². The molecule has 0 aliphatic carbocycles. The maximum atomic E-state index is 11.5. The van der Waals surface area contributed by atoms with E-state index >= 15 is 0 Å². The number of hydrogen-bond acceptors (Lipinski definition) is 8. The highest BCUT2D eigenvalue weighted by Crippen LogP contribution is 2.31. The van der Waals surface area contributed by atoms with E-state index in [9.17, 15) is 4.79 Å². The van der Waals surface area contributed by atoms with E-state index in [1.807, 2.05) is 11.6 Å². The maximum Gasteiger partial charge on any atom is 0.255 e. The van der Waals surface area contributed by atoms with Gasteiger partial charge in [0, 0.05) is 37.8 Å². The maximum absolute atomic E-state index is 11.5. The molecule has 106 valence electrons. The van der Waals surface area contributed by atoms with E-state index in [0.717, 1.165) is 36.3 Å². The summed E-state index contributed by atoms with van der Waals surface area (Å²) < 4.78 is 4.03. The first-order chi connectivity index (χ1) is 9.66. The summed E-state index contributed by atoms with van der Waals surface area (Å²) in [5.41, 5.74) is 11.4. The van der Waals surface area contributed by atoms with Crippen LogP contribution in [0.2, 0.25) is 0 Å². The number of nitrogens with two attached hydrogens (primary N) is 2. The van der Waals surface area contributed by atoms with Gasteiger partial charge in [-0.25, -0.2) is 4.98 Å². The molecule has 1 fully saturated rings. The number of piperazine rings is 1. The van der Waals surface area contributed by atoms with Crippen LogP contribution < -0.4 is 21.3 Å². The molecule has 20 heavy (non-hydrogen) atoms. The number of carbonyl (C=O) groups excluding carboxylic acids is 1. The van der Waals surface area contributed by atoms with Crippen molar-refractivity contribution in [2.45, 2.75) is 0 Å². The van der Waals surface area contributed by atoms with Crippen molar-refractivity contribution in [3.05, 3.63) is 17.1 Å². The third-order valence-corrected chi connectivity index (χ3v) is 4.96. The molecule has 1 aliphatic heterocycles. The highest BCUT2D eigenvalue weighted by Gasteiger charge is 2.25. The number of thiazole rings is 1. The summed E-state index contributed by atoms with van der Waals surface area (Å²) in [5, 5.41) is 3.77. The van der Waals surface area contributed by atoms with Gasteiger partial charge in [-0.15, -0.1) is 11.3 Å². The van der Waals surface area contributed by atoms with Crippen LogP contribution in [0.4, 0.5) is 16.0 Å². The number of carbonyl (C=O) groups is 1. The quantitative estimate of drug-likeness (QED) is 0.861. The molecule has 2 aromatic heterocycles. The SMILES string of the molecule is NC(=O)c1c(N)nsc1N1CCN(c2nccs2)CC1. The Hall–Kier alpha value is -1.87. The van der Waals surface area contributed by atoms with Gasteiger partial charge in [0.05, 0.1) is 0 Å². The summed E-state index contributed by atoms with van der Waals surface area (Å²) in [4.78, 5) is 20.1. The lowest BCUT2D eigenvalue weighted by Crippen LogP contribution is -2.46. The highest BCUT2D eigenvalue weighted by atomic mass is 32.1. The van der Waals surface area contributed by atoms with Crippen molar-refractivity contribution in [2.75, 3.05) is 41.7 Å². The van der Waals surface area contributed by atoms with Crippen LogP contribution >= 0.6 is 22.9 Å². The lowest BCUT2D eigenvalue weighted by atomic mass is 10.2. The Morgan fingerprint density at radius 1 is 1.25 bits per heavy atom. The zero-order valence-electron chi connectivity index (χ0n) is 10.7. The van der Waals surface area contributed by atoms with Gasteiger partial charge in [-0.2, -0.15) is 4.37 Å². The molecule has 0 radical (unpaired) electrons. The van der Waals surface area contributed by atoms with Crippen LogP contribution in [0.5, 0.6) is 0 Å². The normalized spacial score (nSPS) is 15.6. The van der Waals surface area contributed by atoms with Gasteiger partial charge in [-0.1, -0.05) is 0 Å². The van der Waals surface area contributed by atoms with E-state index in [1.165, 1.54) is 11.5 Å². The number of nitrogen functional groups attached to an aromatic ring is 1. The average molecular weight is 310 g/mol. The third kappa shape index (κ3) is 2.29. The van der Waals surface area contributed by atoms with E-state index in [0.29, 0.717) is 5.56 Å². The minimum atomic E-state index is -0.520. The molecule has 2 aromatic rings. The van der Waals surface area contributed by atoms with Crippen molar-refractivity contribution >= 4 is 44.7 Å². The smallest absolute Gasteiger partial charge is 0.255 e. The Balaban J connectivity index is 1.74. The number of nitrogens with zero attached hydrogens (tertiary/aromatic N) is 4. The van der Waals surface area contributed by atoms with E-state index in [2.05, 4.69) is 19.2 Å². The monoisotopic (exact) mass is 310 g/mol. The lowest BCUT2D eigenvalue weighted by molar-refractivity contribution is 0.100. The van der Waals surface area contributed by atoms with Gasteiger partial charge in [-0.3, -0.25) is 4.79 Å². The minimum absolute atomic E-state index is 0.222. The molecule has 1 saturated heterocycles. The zero-order valence-corrected chi connectivity index (χ0v) is 12.3. The molecular formula is C11H14N6OS2. The average Bonchev–Trinajstić information content (AvgIpc) is 3.08. The van der Waals surface area contributed by atoms with Crippen LogP contribution in [0.1, 0.15) is 10.4 Å². The molecule has 0 unspecified atom stereocenters. The molecule has 9 heteroatoms. The van der Waals surface area contributed by atoms with Crippen LogP contribution in [-0.2, 0) is 0 Å². The molecule has 1 amide bonds. The number of primary amides is 1. The lowest BCUT2D eigenvalue weighted by Gasteiger charge is -2.35. The first-order valence-corrected chi connectivity index (χ1v) is 7.76. The van der Waals surface area contributed by atoms with Crippen LogP contribution in [-0.4, -0.2) is 41.4 Å². The van der Waals surface area contributed by atoms with Crippen LogP contribution in [0.15, 0.2) is 11.6 Å². The number of rotatable bonds is 3. The summed E-state index contributed by atoms with van der Waals surface area (Å²) in [5.74, 6) is -0.298. The number of anilines is 3. The first kappa shape index (κ1) is 13.1. The molecular weight excluding hydrogens is 296 g/mol. The topological polar surface area (TPSA) is 101 Å². The van der Waals surface area contributed by atoms with Gasteiger partial charge in [0.2, 0.25) is 0 Å². The van der Waals surface area contributed by atoms with Crippen molar-refractivity contribution in [3.63, 3.8) is 0 Å². The molecule has 3 rings (SSSR count). The van der Waals surface area contributed by atoms with Crippen molar-refractivity contribution in [1.82, 2.24) is 9.36 Å². The van der Waals surface area contributed by atoms with Gasteiger partial charge in [0.1, 0.15) is 10.6 Å². The fraction of sp³-hybridized carbons (Fsp3) is 0.364. The van der Waals surface area contributed by atoms with Gasteiger partial charge in [0.15, 0.2) is 10.9 Å². The Kier molecular flexibility index (Phi) is 3.45. The number of amides is 1. The minimum Gasteiger partial charge on any atom is -0.382 e. The standard InChI is InChI=1S/C11H14N6OS2/c12-8-7(9(13)18)10(20-15-8)16-2-4-17(5-3-16)11-14-1-6-19-11/h1,6H,2-5H2,(H2,12,15)(H2,13,18). The summed E-state index contributed by atoms with van der Waals surface area (Å²) in [7, 11) is 0. The zero-order chi connectivity index (χ0) is 14.1. The summed E-state index contributed by atoms with van der Waals surface area (Å²) in [6.45, 7) is 3.29. The Morgan fingerprint density at radius 2 is 1.95 bits per heavy atom. The third-order valence-electron chi connectivity index (χ3n) is 3.20. The predicted molar refractivity (Wildman–Crippen MR) is 81.6 cm³/mol. The van der Waals surface area contributed by atoms with Gasteiger partial charge >= 0.3 is 0 Å². The molecule has 0 aromatic carbocycles. The van der Waals surface area contributed by atoms with Crippen LogP contribution in [0, 0.1) is 0 Å². The van der Waals surface area contributed by atoms with Crippen molar-refractivity contribution in [2.24, 2.45) is 5.73 Å². The summed E-state index contributed by atoms with van der Waals surface area (Å²) in [6, 6.07) is 0. The first-order valence-electron chi connectivity index (χ1n) is 6.11.